The number of anilines is 1. The highest BCUT2D eigenvalue weighted by Crippen LogP contribution is 2.49. The summed E-state index contributed by atoms with van der Waals surface area (Å²) < 4.78 is 4.34. The normalized spacial score (nSPS) is 17.4. The van der Waals surface area contributed by atoms with Gasteiger partial charge in [-0.2, -0.15) is 4.37 Å². The Labute approximate surface area is 102 Å². The molecule has 0 aromatic carbocycles. The number of aryl methyl sites for hydroxylation is 1. The largest absolute Gasteiger partial charge is 0.360 e. The molecule has 0 unspecified atom stereocenters. The molecule has 0 bridgehead atoms. The summed E-state index contributed by atoms with van der Waals surface area (Å²) in [5.74, 6) is 0.996. The highest BCUT2D eigenvalue weighted by molar-refractivity contribution is 7.09. The van der Waals surface area contributed by atoms with Crippen LogP contribution in [0.5, 0.6) is 0 Å². The molecule has 1 aromatic rings. The van der Waals surface area contributed by atoms with Gasteiger partial charge in [0, 0.05) is 24.5 Å². The Kier molecular flexibility index (Phi) is 3.79. The fourth-order valence-electron chi connectivity index (χ4n) is 2.14. The summed E-state index contributed by atoms with van der Waals surface area (Å²) in [7, 11) is 0. The average molecular weight is 239 g/mol. The van der Waals surface area contributed by atoms with Crippen LogP contribution in [0.15, 0.2) is 0 Å². The molecule has 1 fully saturated rings. The fourth-order valence-corrected chi connectivity index (χ4v) is 2.74. The number of nitrogens with one attached hydrogen (secondary N) is 1. The first-order valence-corrected chi connectivity index (χ1v) is 7.12. The van der Waals surface area contributed by atoms with E-state index in [2.05, 4.69) is 28.5 Å². The van der Waals surface area contributed by atoms with Crippen molar-refractivity contribution in [1.82, 2.24) is 9.36 Å². The lowest BCUT2D eigenvalue weighted by Gasteiger charge is -2.13. The smallest absolute Gasteiger partial charge is 0.202 e. The minimum absolute atomic E-state index is 0.589. The van der Waals surface area contributed by atoms with Crippen molar-refractivity contribution >= 4 is 16.7 Å². The van der Waals surface area contributed by atoms with E-state index < -0.39 is 0 Å². The van der Waals surface area contributed by atoms with E-state index in [9.17, 15) is 0 Å². The van der Waals surface area contributed by atoms with E-state index in [4.69, 9.17) is 0 Å². The summed E-state index contributed by atoms with van der Waals surface area (Å²) in [5.41, 5.74) is 0.589. The van der Waals surface area contributed by atoms with Gasteiger partial charge >= 0.3 is 0 Å². The second kappa shape index (κ2) is 5.13. The molecule has 0 amide bonds. The minimum Gasteiger partial charge on any atom is -0.360 e. The van der Waals surface area contributed by atoms with Crippen LogP contribution >= 0.6 is 11.5 Å². The lowest BCUT2D eigenvalue weighted by molar-refractivity contribution is 0.485. The number of nitrogens with zero attached hydrogens (tertiary/aromatic N) is 2. The first-order chi connectivity index (χ1) is 7.78. The molecule has 3 nitrogen and oxygen atoms in total. The maximum Gasteiger partial charge on any atom is 0.202 e. The molecule has 1 heterocycles. The zero-order valence-electron chi connectivity index (χ0n) is 10.3. The summed E-state index contributed by atoms with van der Waals surface area (Å²) in [6, 6.07) is 0. The summed E-state index contributed by atoms with van der Waals surface area (Å²) in [6.07, 6.45) is 7.52. The standard InChI is InChI=1S/C12H21N3S/c1-3-5-10-14-11(16-15-10)13-9-12(6-4-2)7-8-12/h3-9H2,1-2H3,(H,13,14,15). The van der Waals surface area contributed by atoms with Crippen molar-refractivity contribution in [2.45, 2.75) is 52.4 Å². The fraction of sp³-hybridized carbons (Fsp3) is 0.833. The number of rotatable bonds is 7. The third-order valence-corrected chi connectivity index (χ3v) is 4.00. The van der Waals surface area contributed by atoms with Gasteiger partial charge in [-0.05, 0) is 31.1 Å². The average Bonchev–Trinajstić information content (AvgIpc) is 2.89. The molecular weight excluding hydrogens is 218 g/mol. The third-order valence-electron chi connectivity index (χ3n) is 3.29. The van der Waals surface area contributed by atoms with Crippen LogP contribution in [0.4, 0.5) is 5.13 Å². The Morgan fingerprint density at radius 3 is 2.75 bits per heavy atom. The van der Waals surface area contributed by atoms with Crippen LogP contribution in [-0.4, -0.2) is 15.9 Å². The number of hydrogen-bond acceptors (Lipinski definition) is 4. The van der Waals surface area contributed by atoms with E-state index in [1.165, 1.54) is 37.2 Å². The van der Waals surface area contributed by atoms with Crippen molar-refractivity contribution in [2.75, 3.05) is 11.9 Å². The predicted molar refractivity (Wildman–Crippen MR) is 69.0 cm³/mol. The van der Waals surface area contributed by atoms with Crippen LogP contribution in [0.2, 0.25) is 0 Å². The number of hydrogen-bond donors (Lipinski definition) is 1. The van der Waals surface area contributed by atoms with Crippen molar-refractivity contribution in [3.05, 3.63) is 5.82 Å². The van der Waals surface area contributed by atoms with Gasteiger partial charge in [-0.25, -0.2) is 4.98 Å². The van der Waals surface area contributed by atoms with Crippen LogP contribution in [0, 0.1) is 5.41 Å². The van der Waals surface area contributed by atoms with E-state index in [1.807, 2.05) is 0 Å². The number of aromatic nitrogens is 2. The monoisotopic (exact) mass is 239 g/mol. The van der Waals surface area contributed by atoms with Gasteiger partial charge in [0.15, 0.2) is 0 Å². The lowest BCUT2D eigenvalue weighted by atomic mass is 10.0. The van der Waals surface area contributed by atoms with Gasteiger partial charge in [-0.3, -0.25) is 0 Å². The van der Waals surface area contributed by atoms with Crippen LogP contribution in [-0.2, 0) is 6.42 Å². The second-order valence-electron chi connectivity index (χ2n) is 4.87. The highest BCUT2D eigenvalue weighted by Gasteiger charge is 2.41. The molecule has 0 atom stereocenters. The Balaban J connectivity index is 1.80. The molecule has 1 aliphatic rings. The lowest BCUT2D eigenvalue weighted by Crippen LogP contribution is -2.15. The van der Waals surface area contributed by atoms with Gasteiger partial charge in [0.1, 0.15) is 5.82 Å². The maximum atomic E-state index is 4.49. The van der Waals surface area contributed by atoms with Crippen molar-refractivity contribution < 1.29 is 0 Å². The Morgan fingerprint density at radius 1 is 1.31 bits per heavy atom. The Morgan fingerprint density at radius 2 is 2.12 bits per heavy atom. The molecule has 1 N–H and O–H groups in total. The molecule has 0 spiro atoms. The van der Waals surface area contributed by atoms with E-state index in [0.29, 0.717) is 5.41 Å². The van der Waals surface area contributed by atoms with Crippen molar-refractivity contribution in [3.8, 4) is 0 Å². The summed E-state index contributed by atoms with van der Waals surface area (Å²) in [5, 5.41) is 4.46. The zero-order chi connectivity index (χ0) is 11.4. The van der Waals surface area contributed by atoms with Crippen LogP contribution < -0.4 is 5.32 Å². The first kappa shape index (κ1) is 11.8. The molecular formula is C12H21N3S. The van der Waals surface area contributed by atoms with Gasteiger partial charge < -0.3 is 5.32 Å². The molecule has 0 saturated heterocycles. The molecule has 1 aliphatic carbocycles. The first-order valence-electron chi connectivity index (χ1n) is 6.34. The highest BCUT2D eigenvalue weighted by atomic mass is 32.1. The maximum absolute atomic E-state index is 4.49. The van der Waals surface area contributed by atoms with Crippen LogP contribution in [0.25, 0.3) is 0 Å². The molecule has 1 saturated carbocycles. The summed E-state index contributed by atoms with van der Waals surface area (Å²) >= 11 is 1.50. The Bertz CT molecular complexity index is 331. The van der Waals surface area contributed by atoms with Gasteiger partial charge in [0.2, 0.25) is 5.13 Å². The van der Waals surface area contributed by atoms with E-state index in [0.717, 1.165) is 30.3 Å². The summed E-state index contributed by atoms with van der Waals surface area (Å²) in [4.78, 5) is 4.49. The quantitative estimate of drug-likeness (QED) is 0.791. The molecule has 16 heavy (non-hydrogen) atoms. The van der Waals surface area contributed by atoms with Crippen molar-refractivity contribution in [3.63, 3.8) is 0 Å². The molecule has 1 aromatic heterocycles. The van der Waals surface area contributed by atoms with Crippen LogP contribution in [0.3, 0.4) is 0 Å². The van der Waals surface area contributed by atoms with Gasteiger partial charge in [0.25, 0.3) is 0 Å². The van der Waals surface area contributed by atoms with E-state index in [1.54, 1.807) is 0 Å². The molecule has 2 rings (SSSR count). The Hall–Kier alpha value is -0.640. The van der Waals surface area contributed by atoms with Crippen molar-refractivity contribution in [2.24, 2.45) is 5.41 Å². The van der Waals surface area contributed by atoms with Crippen LogP contribution in [0.1, 0.15) is 51.8 Å². The minimum atomic E-state index is 0.589. The van der Waals surface area contributed by atoms with E-state index in [-0.39, 0.29) is 0 Å². The topological polar surface area (TPSA) is 37.8 Å². The summed E-state index contributed by atoms with van der Waals surface area (Å²) in [6.45, 7) is 5.51. The van der Waals surface area contributed by atoms with Gasteiger partial charge in [0.05, 0.1) is 0 Å². The molecule has 0 aliphatic heterocycles. The SMILES string of the molecule is CCCc1nsc(NCC2(CCC)CC2)n1. The second-order valence-corrected chi connectivity index (χ2v) is 5.62. The van der Waals surface area contributed by atoms with Crippen molar-refractivity contribution in [1.29, 1.82) is 0 Å². The predicted octanol–water partition coefficient (Wildman–Crippen LogP) is 3.48. The molecule has 90 valence electrons. The van der Waals surface area contributed by atoms with E-state index >= 15 is 0 Å². The third kappa shape index (κ3) is 2.94. The molecule has 0 radical (unpaired) electrons. The van der Waals surface area contributed by atoms with Gasteiger partial charge in [-0.15, -0.1) is 0 Å². The van der Waals surface area contributed by atoms with Gasteiger partial charge in [-0.1, -0.05) is 20.3 Å². The molecule has 4 heteroatoms. The zero-order valence-corrected chi connectivity index (χ0v) is 11.1.